The van der Waals surface area contributed by atoms with Crippen LogP contribution in [-0.2, 0) is 20.0 Å². The van der Waals surface area contributed by atoms with Gasteiger partial charge in [0.15, 0.2) is 0 Å². The summed E-state index contributed by atoms with van der Waals surface area (Å²) in [6.07, 6.45) is 2.76. The molecule has 1 N–H and O–H groups in total. The normalized spacial score (nSPS) is 21.6. The summed E-state index contributed by atoms with van der Waals surface area (Å²) in [6, 6.07) is 7.21. The van der Waals surface area contributed by atoms with Gasteiger partial charge in [0.1, 0.15) is 12.2 Å². The van der Waals surface area contributed by atoms with Crippen molar-refractivity contribution >= 4 is 0 Å². The molecule has 1 aliphatic rings. The first-order chi connectivity index (χ1) is 9.15. The Kier molecular flexibility index (Phi) is 3.11. The first kappa shape index (κ1) is 12.4. The van der Waals surface area contributed by atoms with Gasteiger partial charge < -0.3 is 5.32 Å². The van der Waals surface area contributed by atoms with E-state index in [0.717, 1.165) is 18.8 Å². The third-order valence-corrected chi connectivity index (χ3v) is 4.03. The van der Waals surface area contributed by atoms with E-state index in [1.165, 1.54) is 16.7 Å². The summed E-state index contributed by atoms with van der Waals surface area (Å²) in [7, 11) is 1.93. The van der Waals surface area contributed by atoms with Crippen LogP contribution in [0.15, 0.2) is 24.5 Å². The summed E-state index contributed by atoms with van der Waals surface area (Å²) in [4.78, 5) is 4.26. The van der Waals surface area contributed by atoms with Crippen LogP contribution in [0, 0.1) is 12.8 Å². The fourth-order valence-electron chi connectivity index (χ4n) is 2.95. The third kappa shape index (κ3) is 2.28. The van der Waals surface area contributed by atoms with Gasteiger partial charge in [-0.2, -0.15) is 5.10 Å². The summed E-state index contributed by atoms with van der Waals surface area (Å²) in [5.41, 5.74) is 4.27. The second kappa shape index (κ2) is 4.78. The minimum Gasteiger partial charge on any atom is -0.303 e. The van der Waals surface area contributed by atoms with Crippen LogP contribution in [-0.4, -0.2) is 14.8 Å². The Balaban J connectivity index is 1.79. The van der Waals surface area contributed by atoms with Crippen molar-refractivity contribution in [3.63, 3.8) is 0 Å². The van der Waals surface area contributed by atoms with Crippen molar-refractivity contribution < 1.29 is 0 Å². The molecule has 0 unspecified atom stereocenters. The predicted octanol–water partition coefficient (Wildman–Crippen LogP) is 2.15. The third-order valence-electron chi connectivity index (χ3n) is 4.03. The molecule has 1 aliphatic carbocycles. The van der Waals surface area contributed by atoms with Crippen LogP contribution < -0.4 is 5.32 Å². The topological polar surface area (TPSA) is 42.7 Å². The largest absolute Gasteiger partial charge is 0.303 e. The molecule has 4 nitrogen and oxygen atoms in total. The minimum absolute atomic E-state index is 0.423. The summed E-state index contributed by atoms with van der Waals surface area (Å²) < 4.78 is 1.82. The highest BCUT2D eigenvalue weighted by Crippen LogP contribution is 2.36. The highest BCUT2D eigenvalue weighted by molar-refractivity contribution is 5.38. The van der Waals surface area contributed by atoms with Gasteiger partial charge in [0.05, 0.1) is 6.54 Å². The molecule has 19 heavy (non-hydrogen) atoms. The van der Waals surface area contributed by atoms with E-state index >= 15 is 0 Å². The average molecular weight is 256 g/mol. The van der Waals surface area contributed by atoms with Crippen LogP contribution in [0.3, 0.4) is 0 Å². The SMILES string of the molecule is Cc1ccc2c(c1)[C@H](NCc1ncnn1C)[C@H](C)C2. The Morgan fingerprint density at radius 3 is 3.00 bits per heavy atom. The summed E-state index contributed by atoms with van der Waals surface area (Å²) in [6.45, 7) is 5.23. The number of aryl methyl sites for hydroxylation is 2. The Labute approximate surface area is 113 Å². The lowest BCUT2D eigenvalue weighted by Gasteiger charge is -2.18. The Hall–Kier alpha value is -1.68. The van der Waals surface area contributed by atoms with E-state index in [4.69, 9.17) is 0 Å². The highest BCUT2D eigenvalue weighted by Gasteiger charge is 2.29. The fourth-order valence-corrected chi connectivity index (χ4v) is 2.95. The lowest BCUT2D eigenvalue weighted by Crippen LogP contribution is -2.25. The molecule has 1 heterocycles. The van der Waals surface area contributed by atoms with Gasteiger partial charge in [0, 0.05) is 13.1 Å². The van der Waals surface area contributed by atoms with Crippen molar-refractivity contribution in [1.82, 2.24) is 20.1 Å². The molecule has 0 fully saturated rings. The van der Waals surface area contributed by atoms with Crippen molar-refractivity contribution in [3.8, 4) is 0 Å². The van der Waals surface area contributed by atoms with E-state index < -0.39 is 0 Å². The molecule has 4 heteroatoms. The molecule has 1 aromatic heterocycles. The molecule has 1 aromatic carbocycles. The number of aromatic nitrogens is 3. The molecular weight excluding hydrogens is 236 g/mol. The van der Waals surface area contributed by atoms with Crippen molar-refractivity contribution in [1.29, 1.82) is 0 Å². The van der Waals surface area contributed by atoms with Crippen molar-refractivity contribution in [2.75, 3.05) is 0 Å². The van der Waals surface area contributed by atoms with Crippen LogP contribution in [0.4, 0.5) is 0 Å². The van der Waals surface area contributed by atoms with Gasteiger partial charge >= 0.3 is 0 Å². The molecule has 0 saturated heterocycles. The second-order valence-corrected chi connectivity index (χ2v) is 5.54. The minimum atomic E-state index is 0.423. The van der Waals surface area contributed by atoms with Crippen LogP contribution in [0.25, 0.3) is 0 Å². The molecule has 2 aromatic rings. The first-order valence-electron chi connectivity index (χ1n) is 6.81. The zero-order valence-corrected chi connectivity index (χ0v) is 11.7. The number of fused-ring (bicyclic) bond motifs is 1. The van der Waals surface area contributed by atoms with Crippen LogP contribution >= 0.6 is 0 Å². The maximum atomic E-state index is 4.26. The Bertz CT molecular complexity index is 588. The van der Waals surface area contributed by atoms with Crippen LogP contribution in [0.5, 0.6) is 0 Å². The molecule has 100 valence electrons. The number of nitrogens with zero attached hydrogens (tertiary/aromatic N) is 3. The van der Waals surface area contributed by atoms with Gasteiger partial charge in [-0.1, -0.05) is 30.7 Å². The lowest BCUT2D eigenvalue weighted by molar-refractivity contribution is 0.406. The molecule has 0 spiro atoms. The highest BCUT2D eigenvalue weighted by atomic mass is 15.3. The van der Waals surface area contributed by atoms with Gasteiger partial charge in [0.2, 0.25) is 0 Å². The van der Waals surface area contributed by atoms with Crippen molar-refractivity contribution in [3.05, 3.63) is 47.0 Å². The number of hydrogen-bond acceptors (Lipinski definition) is 3. The molecule has 0 bridgehead atoms. The quantitative estimate of drug-likeness (QED) is 0.915. The summed E-state index contributed by atoms with van der Waals surface area (Å²) in [5.74, 6) is 1.61. The number of hydrogen-bond donors (Lipinski definition) is 1. The number of nitrogens with one attached hydrogen (secondary N) is 1. The number of benzene rings is 1. The van der Waals surface area contributed by atoms with Gasteiger partial charge in [-0.15, -0.1) is 0 Å². The van der Waals surface area contributed by atoms with E-state index in [2.05, 4.69) is 47.4 Å². The lowest BCUT2D eigenvalue weighted by atomic mass is 10.0. The predicted molar refractivity (Wildman–Crippen MR) is 74.6 cm³/mol. The standard InChI is InChI=1S/C15H20N4/c1-10-4-5-12-7-11(2)15(13(12)6-10)16-8-14-17-9-18-19(14)3/h4-6,9,11,15-16H,7-8H2,1-3H3/t11-,15-/m1/s1. The van der Waals surface area contributed by atoms with Gasteiger partial charge in [-0.3, -0.25) is 4.68 Å². The van der Waals surface area contributed by atoms with Crippen molar-refractivity contribution in [2.24, 2.45) is 13.0 Å². The van der Waals surface area contributed by atoms with Gasteiger partial charge in [0.25, 0.3) is 0 Å². The average Bonchev–Trinajstić information content (AvgIpc) is 2.90. The van der Waals surface area contributed by atoms with Crippen LogP contribution in [0.2, 0.25) is 0 Å². The summed E-state index contributed by atoms with van der Waals surface area (Å²) >= 11 is 0. The van der Waals surface area contributed by atoms with E-state index in [-0.39, 0.29) is 0 Å². The van der Waals surface area contributed by atoms with E-state index in [1.54, 1.807) is 6.33 Å². The maximum Gasteiger partial charge on any atom is 0.140 e. The van der Waals surface area contributed by atoms with E-state index in [0.29, 0.717) is 12.0 Å². The monoisotopic (exact) mass is 256 g/mol. The van der Waals surface area contributed by atoms with Crippen LogP contribution in [0.1, 0.15) is 35.5 Å². The summed E-state index contributed by atoms with van der Waals surface area (Å²) in [5, 5.41) is 7.74. The fraction of sp³-hybridized carbons (Fsp3) is 0.467. The van der Waals surface area contributed by atoms with Gasteiger partial charge in [-0.05, 0) is 30.4 Å². The first-order valence-corrected chi connectivity index (χ1v) is 6.81. The van der Waals surface area contributed by atoms with Crippen molar-refractivity contribution in [2.45, 2.75) is 32.9 Å². The molecule has 2 atom stereocenters. The molecule has 3 rings (SSSR count). The zero-order chi connectivity index (χ0) is 13.4. The van der Waals surface area contributed by atoms with E-state index in [1.807, 2.05) is 11.7 Å². The Morgan fingerprint density at radius 1 is 1.42 bits per heavy atom. The van der Waals surface area contributed by atoms with Gasteiger partial charge in [-0.25, -0.2) is 4.98 Å². The smallest absolute Gasteiger partial charge is 0.140 e. The molecule has 0 saturated carbocycles. The maximum absolute atomic E-state index is 4.26. The number of rotatable bonds is 3. The Morgan fingerprint density at radius 2 is 2.26 bits per heavy atom. The molecule has 0 amide bonds. The zero-order valence-electron chi connectivity index (χ0n) is 11.7. The molecule has 0 aliphatic heterocycles. The van der Waals surface area contributed by atoms with E-state index in [9.17, 15) is 0 Å². The second-order valence-electron chi connectivity index (χ2n) is 5.54. The molecular formula is C15H20N4. The molecule has 0 radical (unpaired) electrons.